The molecule has 2 aromatic rings. The maximum Gasteiger partial charge on any atom is 0.340 e. The molecule has 0 aliphatic heterocycles. The molecule has 0 spiro atoms. The highest BCUT2D eigenvalue weighted by Gasteiger charge is 2.20. The molecule has 7 heteroatoms. The Labute approximate surface area is 163 Å². The van der Waals surface area contributed by atoms with Gasteiger partial charge in [-0.25, -0.2) is 4.79 Å². The van der Waals surface area contributed by atoms with Crippen LogP contribution in [0.15, 0.2) is 54.6 Å². The summed E-state index contributed by atoms with van der Waals surface area (Å²) in [6.07, 6.45) is -1.45. The summed E-state index contributed by atoms with van der Waals surface area (Å²) >= 11 is 0. The van der Waals surface area contributed by atoms with E-state index in [1.165, 1.54) is 0 Å². The lowest BCUT2D eigenvalue weighted by molar-refractivity contribution is -0.156. The van der Waals surface area contributed by atoms with E-state index in [0.29, 0.717) is 29.9 Å². The Balaban J connectivity index is 1.92. The Morgan fingerprint density at radius 3 is 2.36 bits per heavy atom. The molecule has 1 atom stereocenters. The number of esters is 1. The van der Waals surface area contributed by atoms with Gasteiger partial charge < -0.3 is 20.1 Å². The fourth-order valence-electron chi connectivity index (χ4n) is 2.61. The molecule has 2 aromatic carbocycles. The lowest BCUT2D eigenvalue weighted by Gasteiger charge is -2.19. The molecule has 0 unspecified atom stereocenters. The van der Waals surface area contributed by atoms with Crippen molar-refractivity contribution in [3.8, 4) is 0 Å². The first kappa shape index (κ1) is 21.1. The smallest absolute Gasteiger partial charge is 0.340 e. The van der Waals surface area contributed by atoms with Crippen LogP contribution in [0.1, 0.15) is 35.9 Å². The predicted octanol–water partition coefficient (Wildman–Crippen LogP) is 2.38. The maximum atomic E-state index is 12.4. The van der Waals surface area contributed by atoms with Crippen LogP contribution in [0.5, 0.6) is 0 Å². The largest absolute Gasteiger partial charge is 0.453 e. The maximum absolute atomic E-state index is 12.4. The van der Waals surface area contributed by atoms with Crippen LogP contribution < -0.4 is 5.32 Å². The number of amides is 2. The summed E-state index contributed by atoms with van der Waals surface area (Å²) < 4.78 is 4.87. The van der Waals surface area contributed by atoms with E-state index in [1.807, 2.05) is 13.8 Å². The average Bonchev–Trinajstić information content (AvgIpc) is 2.73. The quantitative estimate of drug-likeness (QED) is 0.682. The molecule has 2 rings (SSSR count). The molecule has 0 aliphatic carbocycles. The van der Waals surface area contributed by atoms with Crippen molar-refractivity contribution >= 4 is 23.5 Å². The molecule has 7 nitrogen and oxygen atoms in total. The van der Waals surface area contributed by atoms with E-state index in [4.69, 9.17) is 4.74 Å². The first-order valence-electron chi connectivity index (χ1n) is 9.05. The average molecular weight is 384 g/mol. The second-order valence-electron chi connectivity index (χ2n) is 6.03. The van der Waals surface area contributed by atoms with E-state index >= 15 is 0 Å². The molecule has 0 fully saturated rings. The van der Waals surface area contributed by atoms with E-state index in [1.54, 1.807) is 59.5 Å². The molecule has 0 heterocycles. The monoisotopic (exact) mass is 384 g/mol. The SMILES string of the molecule is CCN(CC)C(=O)c1cccc(NC(=O)COC(=O)[C@H](O)c2ccccc2)c1. The number of ether oxygens (including phenoxy) is 1. The van der Waals surface area contributed by atoms with Gasteiger partial charge in [0.2, 0.25) is 0 Å². The summed E-state index contributed by atoms with van der Waals surface area (Å²) in [6, 6.07) is 14.8. The van der Waals surface area contributed by atoms with Crippen molar-refractivity contribution < 1.29 is 24.2 Å². The molecule has 148 valence electrons. The molecule has 0 radical (unpaired) electrons. The Morgan fingerprint density at radius 1 is 1.04 bits per heavy atom. The Bertz CT molecular complexity index is 819. The highest BCUT2D eigenvalue weighted by Crippen LogP contribution is 2.15. The van der Waals surface area contributed by atoms with E-state index in [-0.39, 0.29) is 5.91 Å². The highest BCUT2D eigenvalue weighted by atomic mass is 16.5. The van der Waals surface area contributed by atoms with Crippen LogP contribution in [-0.2, 0) is 14.3 Å². The summed E-state index contributed by atoms with van der Waals surface area (Å²) in [4.78, 5) is 38.0. The molecular formula is C21H24N2O5. The number of rotatable bonds is 8. The van der Waals surface area contributed by atoms with Crippen LogP contribution >= 0.6 is 0 Å². The van der Waals surface area contributed by atoms with Crippen molar-refractivity contribution in [1.82, 2.24) is 4.90 Å². The summed E-state index contributed by atoms with van der Waals surface area (Å²) in [6.45, 7) is 4.42. The summed E-state index contributed by atoms with van der Waals surface area (Å²) in [5.41, 5.74) is 1.26. The van der Waals surface area contributed by atoms with E-state index in [9.17, 15) is 19.5 Å². The second kappa shape index (κ2) is 10.2. The number of carbonyl (C=O) groups is 3. The van der Waals surface area contributed by atoms with E-state index < -0.39 is 24.6 Å². The van der Waals surface area contributed by atoms with Crippen molar-refractivity contribution in [1.29, 1.82) is 0 Å². The molecule has 0 aromatic heterocycles. The Kier molecular flexibility index (Phi) is 7.71. The lowest BCUT2D eigenvalue weighted by Crippen LogP contribution is -2.30. The highest BCUT2D eigenvalue weighted by molar-refractivity contribution is 5.97. The van der Waals surface area contributed by atoms with Crippen molar-refractivity contribution in [2.24, 2.45) is 0 Å². The number of carbonyl (C=O) groups excluding carboxylic acids is 3. The summed E-state index contributed by atoms with van der Waals surface area (Å²) in [5.74, 6) is -1.61. The van der Waals surface area contributed by atoms with Gasteiger partial charge in [0, 0.05) is 24.3 Å². The number of nitrogens with zero attached hydrogens (tertiary/aromatic N) is 1. The van der Waals surface area contributed by atoms with Gasteiger partial charge >= 0.3 is 5.97 Å². The minimum atomic E-state index is -1.45. The third-order valence-electron chi connectivity index (χ3n) is 4.13. The van der Waals surface area contributed by atoms with Gasteiger partial charge in [-0.3, -0.25) is 9.59 Å². The number of aliphatic hydroxyl groups excluding tert-OH is 1. The normalized spacial score (nSPS) is 11.4. The number of nitrogens with one attached hydrogen (secondary N) is 1. The van der Waals surface area contributed by atoms with Gasteiger partial charge in [0.25, 0.3) is 11.8 Å². The van der Waals surface area contributed by atoms with Gasteiger partial charge in [-0.15, -0.1) is 0 Å². The van der Waals surface area contributed by atoms with Gasteiger partial charge in [-0.05, 0) is 37.6 Å². The van der Waals surface area contributed by atoms with Gasteiger partial charge in [-0.2, -0.15) is 0 Å². The molecule has 2 N–H and O–H groups in total. The van der Waals surface area contributed by atoms with Gasteiger partial charge in [0.1, 0.15) is 0 Å². The summed E-state index contributed by atoms with van der Waals surface area (Å²) in [5, 5.41) is 12.5. The van der Waals surface area contributed by atoms with E-state index in [0.717, 1.165) is 0 Å². The van der Waals surface area contributed by atoms with Crippen LogP contribution in [0, 0.1) is 0 Å². The molecule has 28 heavy (non-hydrogen) atoms. The van der Waals surface area contributed by atoms with Crippen LogP contribution in [0.4, 0.5) is 5.69 Å². The first-order valence-corrected chi connectivity index (χ1v) is 9.05. The van der Waals surface area contributed by atoms with Gasteiger partial charge in [0.15, 0.2) is 12.7 Å². The predicted molar refractivity (Wildman–Crippen MR) is 105 cm³/mol. The molecule has 0 saturated carbocycles. The zero-order valence-electron chi connectivity index (χ0n) is 15.9. The van der Waals surface area contributed by atoms with Crippen LogP contribution in [0.3, 0.4) is 0 Å². The Hall–Kier alpha value is -3.19. The fraction of sp³-hybridized carbons (Fsp3) is 0.286. The molecule has 2 amide bonds. The van der Waals surface area contributed by atoms with Crippen molar-refractivity contribution in [3.63, 3.8) is 0 Å². The van der Waals surface area contributed by atoms with Gasteiger partial charge in [-0.1, -0.05) is 36.4 Å². The second-order valence-corrected chi connectivity index (χ2v) is 6.03. The number of aliphatic hydroxyl groups is 1. The topological polar surface area (TPSA) is 95.9 Å². The number of benzene rings is 2. The molecule has 0 bridgehead atoms. The molecule has 0 aliphatic rings. The minimum Gasteiger partial charge on any atom is -0.453 e. The third kappa shape index (κ3) is 5.65. The minimum absolute atomic E-state index is 0.126. The van der Waals surface area contributed by atoms with Crippen LogP contribution in [0.2, 0.25) is 0 Å². The van der Waals surface area contributed by atoms with Crippen LogP contribution in [-0.4, -0.2) is 47.5 Å². The molecule has 0 saturated heterocycles. The Morgan fingerprint density at radius 2 is 1.71 bits per heavy atom. The fourth-order valence-corrected chi connectivity index (χ4v) is 2.61. The number of hydrogen-bond donors (Lipinski definition) is 2. The zero-order valence-corrected chi connectivity index (χ0v) is 15.9. The van der Waals surface area contributed by atoms with Crippen LogP contribution in [0.25, 0.3) is 0 Å². The summed E-state index contributed by atoms with van der Waals surface area (Å²) in [7, 11) is 0. The third-order valence-corrected chi connectivity index (χ3v) is 4.13. The van der Waals surface area contributed by atoms with Crippen molar-refractivity contribution in [2.45, 2.75) is 20.0 Å². The standard InChI is InChI=1S/C21H24N2O5/c1-3-23(4-2)20(26)16-11-8-12-17(13-16)22-18(24)14-28-21(27)19(25)15-9-6-5-7-10-15/h5-13,19,25H,3-4,14H2,1-2H3,(H,22,24)/t19-/m1/s1. The number of anilines is 1. The lowest BCUT2D eigenvalue weighted by atomic mass is 10.1. The molecular weight excluding hydrogens is 360 g/mol. The van der Waals surface area contributed by atoms with Gasteiger partial charge in [0.05, 0.1) is 0 Å². The van der Waals surface area contributed by atoms with E-state index in [2.05, 4.69) is 5.32 Å². The number of hydrogen-bond acceptors (Lipinski definition) is 5. The first-order chi connectivity index (χ1) is 13.5. The van der Waals surface area contributed by atoms with Crippen molar-refractivity contribution in [3.05, 3.63) is 65.7 Å². The zero-order chi connectivity index (χ0) is 20.5. The van der Waals surface area contributed by atoms with Crippen molar-refractivity contribution in [2.75, 3.05) is 25.0 Å².